The molecule has 1 aliphatic heterocycles. The minimum Gasteiger partial charge on any atom is -0.449 e. The van der Waals surface area contributed by atoms with Crippen LogP contribution in [-0.2, 0) is 25.2 Å². The number of hydrogen-bond acceptors (Lipinski definition) is 5. The largest absolute Gasteiger partial charge is 0.449 e. The molecule has 1 heterocycles. The quantitative estimate of drug-likeness (QED) is 0.411. The molecule has 2 N–H and O–H groups in total. The van der Waals surface area contributed by atoms with Gasteiger partial charge in [0.1, 0.15) is 12.4 Å². The van der Waals surface area contributed by atoms with E-state index in [1.165, 1.54) is 50.2 Å². The van der Waals surface area contributed by atoms with Crippen molar-refractivity contribution in [1.82, 2.24) is 4.90 Å². The normalized spacial score (nSPS) is 27.8. The molecule has 11 heteroatoms. The summed E-state index contributed by atoms with van der Waals surface area (Å²) in [4.78, 5) is 27.0. The second-order valence-electron chi connectivity index (χ2n) is 11.8. The SMILES string of the molecule is CC1(C)OCC(c2ccc(C(=O)N(C3CC3)[C@H]3CC[C@](COC(N)=O)(c4ccc(F)cc4)CC3)cc2)(C(F)(F)F)O1. The van der Waals surface area contributed by atoms with Crippen LogP contribution in [0.1, 0.15) is 73.9 Å². The highest BCUT2D eigenvalue weighted by Gasteiger charge is 2.64. The number of halogens is 4. The van der Waals surface area contributed by atoms with E-state index in [9.17, 15) is 27.2 Å². The lowest BCUT2D eigenvalue weighted by Gasteiger charge is -2.43. The standard InChI is InChI=1S/C30H34F4N2O5/c1-27(2)40-18-29(41-27,30(32,33)34)21-5-3-19(4-6-21)25(37)36(23-11-12-23)24-13-15-28(16-14-24,17-39-26(35)38)20-7-9-22(31)10-8-20/h3-10,23-24H,11-18H2,1-2H3,(H2,35,38)/t24-,28-,29?. The van der Waals surface area contributed by atoms with Gasteiger partial charge in [0.05, 0.1) is 6.61 Å². The lowest BCUT2D eigenvalue weighted by Crippen LogP contribution is -2.48. The summed E-state index contributed by atoms with van der Waals surface area (Å²) in [6.45, 7) is 2.23. The zero-order valence-electron chi connectivity index (χ0n) is 23.0. The number of amides is 2. The number of ether oxygens (including phenoxy) is 3. The Morgan fingerprint density at radius 3 is 2.00 bits per heavy atom. The van der Waals surface area contributed by atoms with Crippen LogP contribution < -0.4 is 5.73 Å². The van der Waals surface area contributed by atoms with Crippen molar-refractivity contribution in [3.63, 3.8) is 0 Å². The lowest BCUT2D eigenvalue weighted by atomic mass is 9.68. The van der Waals surface area contributed by atoms with E-state index in [4.69, 9.17) is 19.9 Å². The highest BCUT2D eigenvalue weighted by Crippen LogP contribution is 2.50. The van der Waals surface area contributed by atoms with Gasteiger partial charge in [-0.25, -0.2) is 9.18 Å². The van der Waals surface area contributed by atoms with Crippen molar-refractivity contribution in [1.29, 1.82) is 0 Å². The zero-order chi connectivity index (χ0) is 29.6. The van der Waals surface area contributed by atoms with Crippen LogP contribution in [0, 0.1) is 5.82 Å². The average molecular weight is 579 g/mol. The maximum absolute atomic E-state index is 14.2. The molecule has 222 valence electrons. The van der Waals surface area contributed by atoms with E-state index >= 15 is 0 Å². The summed E-state index contributed by atoms with van der Waals surface area (Å²) in [5.41, 5.74) is 3.06. The van der Waals surface area contributed by atoms with Crippen molar-refractivity contribution in [3.05, 3.63) is 71.0 Å². The molecule has 2 aromatic carbocycles. The number of alkyl halides is 3. The van der Waals surface area contributed by atoms with Gasteiger partial charge in [-0.2, -0.15) is 13.2 Å². The Kier molecular flexibility index (Phi) is 7.57. The van der Waals surface area contributed by atoms with Crippen LogP contribution in [0.3, 0.4) is 0 Å². The molecule has 0 spiro atoms. The first-order valence-electron chi connectivity index (χ1n) is 13.8. The molecule has 7 nitrogen and oxygen atoms in total. The van der Waals surface area contributed by atoms with Crippen molar-refractivity contribution in [2.24, 2.45) is 5.73 Å². The third-order valence-corrected chi connectivity index (χ3v) is 8.53. The summed E-state index contributed by atoms with van der Waals surface area (Å²) in [7, 11) is 0. The molecule has 2 amide bonds. The topological polar surface area (TPSA) is 91.1 Å². The Labute approximate surface area is 235 Å². The van der Waals surface area contributed by atoms with E-state index in [0.717, 1.165) is 18.4 Å². The highest BCUT2D eigenvalue weighted by atomic mass is 19.4. The lowest BCUT2D eigenvalue weighted by molar-refractivity contribution is -0.289. The van der Waals surface area contributed by atoms with Crippen LogP contribution in [0.25, 0.3) is 0 Å². The van der Waals surface area contributed by atoms with Crippen LogP contribution in [0.2, 0.25) is 0 Å². The number of rotatable bonds is 7. The molecule has 1 unspecified atom stereocenters. The van der Waals surface area contributed by atoms with E-state index in [2.05, 4.69) is 0 Å². The first-order valence-corrected chi connectivity index (χ1v) is 13.8. The van der Waals surface area contributed by atoms with Gasteiger partial charge in [0, 0.05) is 23.1 Å². The van der Waals surface area contributed by atoms with Crippen molar-refractivity contribution in [2.75, 3.05) is 13.2 Å². The molecule has 41 heavy (non-hydrogen) atoms. The molecular weight excluding hydrogens is 544 g/mol. The summed E-state index contributed by atoms with van der Waals surface area (Å²) >= 11 is 0. The number of nitrogens with zero attached hydrogens (tertiary/aromatic N) is 1. The minimum atomic E-state index is -4.72. The van der Waals surface area contributed by atoms with Crippen LogP contribution in [0.5, 0.6) is 0 Å². The minimum absolute atomic E-state index is 0.0447. The predicted octanol–water partition coefficient (Wildman–Crippen LogP) is 5.95. The fraction of sp³-hybridized carbons (Fsp3) is 0.533. The zero-order valence-corrected chi connectivity index (χ0v) is 23.0. The Hall–Kier alpha value is -3.18. The van der Waals surface area contributed by atoms with Gasteiger partial charge in [0.2, 0.25) is 5.60 Å². The van der Waals surface area contributed by atoms with Crippen LogP contribution in [-0.4, -0.2) is 54.2 Å². The molecule has 2 aromatic rings. The Morgan fingerprint density at radius 2 is 1.51 bits per heavy atom. The van der Waals surface area contributed by atoms with Crippen molar-refractivity contribution in [3.8, 4) is 0 Å². The Bertz CT molecular complexity index is 1270. The fourth-order valence-electron chi connectivity index (χ4n) is 6.18. The van der Waals surface area contributed by atoms with Crippen LogP contribution in [0.15, 0.2) is 48.5 Å². The molecule has 0 radical (unpaired) electrons. The van der Waals surface area contributed by atoms with E-state index in [1.807, 2.05) is 4.90 Å². The molecule has 2 saturated carbocycles. The molecular formula is C30H34F4N2O5. The first kappa shape index (κ1) is 29.3. The number of nitrogens with two attached hydrogens (primary N) is 1. The van der Waals surface area contributed by atoms with E-state index in [0.29, 0.717) is 31.2 Å². The van der Waals surface area contributed by atoms with Crippen molar-refractivity contribution < 1.29 is 41.4 Å². The van der Waals surface area contributed by atoms with E-state index < -0.39 is 35.7 Å². The highest BCUT2D eigenvalue weighted by molar-refractivity contribution is 5.95. The average Bonchev–Trinajstić information content (AvgIpc) is 3.69. The van der Waals surface area contributed by atoms with Crippen LogP contribution >= 0.6 is 0 Å². The Morgan fingerprint density at radius 1 is 0.951 bits per heavy atom. The van der Waals surface area contributed by atoms with Gasteiger partial charge < -0.3 is 24.8 Å². The summed E-state index contributed by atoms with van der Waals surface area (Å²) in [6, 6.07) is 11.5. The predicted molar refractivity (Wildman–Crippen MR) is 140 cm³/mol. The second-order valence-corrected chi connectivity index (χ2v) is 11.8. The third kappa shape index (κ3) is 5.79. The van der Waals surface area contributed by atoms with Gasteiger partial charge in [-0.3, -0.25) is 4.79 Å². The molecule has 5 rings (SSSR count). The molecule has 2 aliphatic carbocycles. The molecule has 0 aromatic heterocycles. The molecule has 3 fully saturated rings. The van der Waals surface area contributed by atoms with Crippen molar-refractivity contribution in [2.45, 2.75) is 87.4 Å². The Balaban J connectivity index is 1.34. The number of benzene rings is 2. The number of carbonyl (C=O) groups excluding carboxylic acids is 2. The van der Waals surface area contributed by atoms with Gasteiger partial charge in [-0.1, -0.05) is 24.3 Å². The van der Waals surface area contributed by atoms with Gasteiger partial charge in [-0.05, 0) is 87.8 Å². The summed E-state index contributed by atoms with van der Waals surface area (Å²) in [5, 5.41) is 0. The van der Waals surface area contributed by atoms with Gasteiger partial charge >= 0.3 is 12.3 Å². The maximum Gasteiger partial charge on any atom is 0.424 e. The third-order valence-electron chi connectivity index (χ3n) is 8.53. The fourth-order valence-corrected chi connectivity index (χ4v) is 6.18. The molecule has 0 bridgehead atoms. The molecule has 3 aliphatic rings. The van der Waals surface area contributed by atoms with Crippen LogP contribution in [0.4, 0.5) is 22.4 Å². The second kappa shape index (κ2) is 10.6. The number of primary amides is 1. The summed E-state index contributed by atoms with van der Waals surface area (Å²) < 4.78 is 72.0. The first-order chi connectivity index (χ1) is 19.3. The number of hydrogen-bond donors (Lipinski definition) is 1. The number of carbonyl (C=O) groups is 2. The van der Waals surface area contributed by atoms with Gasteiger partial charge in [0.15, 0.2) is 5.79 Å². The molecule has 1 saturated heterocycles. The molecule has 1 atom stereocenters. The van der Waals surface area contributed by atoms with Crippen molar-refractivity contribution >= 4 is 12.0 Å². The summed E-state index contributed by atoms with van der Waals surface area (Å²) in [6.07, 6.45) is -1.53. The maximum atomic E-state index is 14.2. The van der Waals surface area contributed by atoms with E-state index in [1.54, 1.807) is 12.1 Å². The summed E-state index contributed by atoms with van der Waals surface area (Å²) in [5.74, 6) is -2.02. The monoisotopic (exact) mass is 578 g/mol. The van der Waals surface area contributed by atoms with Gasteiger partial charge in [0.25, 0.3) is 5.91 Å². The van der Waals surface area contributed by atoms with E-state index in [-0.39, 0.29) is 36.0 Å². The smallest absolute Gasteiger partial charge is 0.424 e. The van der Waals surface area contributed by atoms with Gasteiger partial charge in [-0.15, -0.1) is 0 Å².